The van der Waals surface area contributed by atoms with Crippen molar-refractivity contribution >= 4 is 35.3 Å². The molecule has 1 saturated heterocycles. The van der Waals surface area contributed by atoms with E-state index in [1.165, 1.54) is 18.0 Å². The van der Waals surface area contributed by atoms with Gasteiger partial charge in [0.25, 0.3) is 5.91 Å². The van der Waals surface area contributed by atoms with Crippen LogP contribution >= 0.6 is 23.4 Å². The highest BCUT2D eigenvalue weighted by molar-refractivity contribution is 7.99. The molecule has 28 heavy (non-hydrogen) atoms. The average Bonchev–Trinajstić information content (AvgIpc) is 3.27. The van der Waals surface area contributed by atoms with Crippen molar-refractivity contribution in [1.29, 1.82) is 0 Å². The third kappa shape index (κ3) is 4.00. The summed E-state index contributed by atoms with van der Waals surface area (Å²) in [7, 11) is 0. The van der Waals surface area contributed by atoms with Gasteiger partial charge in [0.1, 0.15) is 18.1 Å². The predicted molar refractivity (Wildman–Crippen MR) is 104 cm³/mol. The van der Waals surface area contributed by atoms with Crippen LogP contribution in [0.5, 0.6) is 5.75 Å². The molecule has 1 fully saturated rings. The summed E-state index contributed by atoms with van der Waals surface area (Å²) < 4.78 is 11.2. The molecule has 2 N–H and O–H groups in total. The van der Waals surface area contributed by atoms with Crippen LogP contribution in [0.25, 0.3) is 0 Å². The Kier molecular flexibility index (Phi) is 5.27. The summed E-state index contributed by atoms with van der Waals surface area (Å²) in [5.41, 5.74) is 0.919. The van der Waals surface area contributed by atoms with E-state index in [1.54, 1.807) is 6.07 Å². The SMILES string of the molecule is O=C1NC(=O)C(c2occc2Sc2ccc(OCc3ccccc3Cl)cc2)N1. The largest absolute Gasteiger partial charge is 0.489 e. The molecule has 1 aromatic heterocycles. The molecular formula is C20H15ClN2O4S. The summed E-state index contributed by atoms with van der Waals surface area (Å²) in [6.07, 6.45) is 1.50. The van der Waals surface area contributed by atoms with Crippen molar-refractivity contribution in [1.82, 2.24) is 10.6 Å². The number of imide groups is 1. The molecule has 0 aliphatic carbocycles. The van der Waals surface area contributed by atoms with Crippen LogP contribution in [0.15, 0.2) is 75.1 Å². The molecule has 3 amide bonds. The lowest BCUT2D eigenvalue weighted by Crippen LogP contribution is -2.22. The van der Waals surface area contributed by atoms with Gasteiger partial charge in [0.15, 0.2) is 6.04 Å². The maximum atomic E-state index is 11.9. The summed E-state index contributed by atoms with van der Waals surface area (Å²) in [6.45, 7) is 0.383. The average molecular weight is 415 g/mol. The van der Waals surface area contributed by atoms with Gasteiger partial charge in [-0.2, -0.15) is 0 Å². The molecular weight excluding hydrogens is 400 g/mol. The topological polar surface area (TPSA) is 80.6 Å². The van der Waals surface area contributed by atoms with Gasteiger partial charge in [0, 0.05) is 15.5 Å². The number of nitrogens with one attached hydrogen (secondary N) is 2. The third-order valence-corrected chi connectivity index (χ3v) is 5.53. The molecule has 0 radical (unpaired) electrons. The molecule has 1 unspecified atom stereocenters. The van der Waals surface area contributed by atoms with E-state index in [9.17, 15) is 9.59 Å². The van der Waals surface area contributed by atoms with Gasteiger partial charge in [-0.25, -0.2) is 4.79 Å². The van der Waals surface area contributed by atoms with Crippen molar-refractivity contribution in [2.24, 2.45) is 0 Å². The van der Waals surface area contributed by atoms with Crippen LogP contribution in [0.1, 0.15) is 17.4 Å². The highest BCUT2D eigenvalue weighted by Gasteiger charge is 2.35. The maximum Gasteiger partial charge on any atom is 0.322 e. The molecule has 0 saturated carbocycles. The zero-order valence-corrected chi connectivity index (χ0v) is 16.0. The van der Waals surface area contributed by atoms with E-state index in [4.69, 9.17) is 20.8 Å². The number of benzene rings is 2. The van der Waals surface area contributed by atoms with Gasteiger partial charge >= 0.3 is 6.03 Å². The number of carbonyl (C=O) groups is 2. The molecule has 1 aliphatic rings. The van der Waals surface area contributed by atoms with Crippen LogP contribution in [0.3, 0.4) is 0 Å². The second kappa shape index (κ2) is 8.00. The Bertz CT molecular complexity index is 1020. The Morgan fingerprint density at radius 3 is 2.57 bits per heavy atom. The van der Waals surface area contributed by atoms with Gasteiger partial charge in [-0.05, 0) is 36.4 Å². The summed E-state index contributed by atoms with van der Waals surface area (Å²) in [4.78, 5) is 24.9. The summed E-state index contributed by atoms with van der Waals surface area (Å²) in [6, 6.07) is 15.5. The zero-order valence-electron chi connectivity index (χ0n) is 14.5. The minimum absolute atomic E-state index is 0.383. The number of rotatable bonds is 6. The third-order valence-electron chi connectivity index (χ3n) is 4.10. The molecule has 8 heteroatoms. The molecule has 1 aliphatic heterocycles. The predicted octanol–water partition coefficient (Wildman–Crippen LogP) is 4.54. The van der Waals surface area contributed by atoms with Crippen molar-refractivity contribution in [3.63, 3.8) is 0 Å². The molecule has 2 heterocycles. The summed E-state index contributed by atoms with van der Waals surface area (Å²) in [5.74, 6) is 0.705. The zero-order chi connectivity index (χ0) is 19.5. The summed E-state index contributed by atoms with van der Waals surface area (Å²) >= 11 is 7.57. The van der Waals surface area contributed by atoms with E-state index in [-0.39, 0.29) is 0 Å². The normalized spacial score (nSPS) is 16.0. The quantitative estimate of drug-likeness (QED) is 0.578. The van der Waals surface area contributed by atoms with Crippen molar-refractivity contribution in [3.8, 4) is 5.75 Å². The van der Waals surface area contributed by atoms with Crippen LogP contribution in [-0.2, 0) is 11.4 Å². The molecule has 1 atom stereocenters. The van der Waals surface area contributed by atoms with Crippen LogP contribution < -0.4 is 15.4 Å². The highest BCUT2D eigenvalue weighted by Crippen LogP contribution is 2.35. The number of urea groups is 1. The second-order valence-electron chi connectivity index (χ2n) is 6.00. The van der Waals surface area contributed by atoms with Crippen LogP contribution in [0, 0.1) is 0 Å². The van der Waals surface area contributed by atoms with E-state index in [0.717, 1.165) is 21.1 Å². The van der Waals surface area contributed by atoms with E-state index >= 15 is 0 Å². The molecule has 0 bridgehead atoms. The molecule has 4 rings (SSSR count). The Morgan fingerprint density at radius 2 is 1.86 bits per heavy atom. The fraction of sp³-hybridized carbons (Fsp3) is 0.100. The second-order valence-corrected chi connectivity index (χ2v) is 7.52. The van der Waals surface area contributed by atoms with Gasteiger partial charge in [-0.15, -0.1) is 0 Å². The molecule has 2 aromatic carbocycles. The van der Waals surface area contributed by atoms with Crippen molar-refractivity contribution in [2.75, 3.05) is 0 Å². The van der Waals surface area contributed by atoms with Gasteiger partial charge in [0.05, 0.1) is 11.2 Å². The van der Waals surface area contributed by atoms with Crippen LogP contribution in [0.4, 0.5) is 4.79 Å². The number of hydrogen-bond acceptors (Lipinski definition) is 5. The Hall–Kier alpha value is -2.90. The molecule has 6 nitrogen and oxygen atoms in total. The lowest BCUT2D eigenvalue weighted by Gasteiger charge is -2.09. The van der Waals surface area contributed by atoms with Gasteiger partial charge < -0.3 is 14.5 Å². The first-order valence-electron chi connectivity index (χ1n) is 8.43. The Balaban J connectivity index is 1.42. The van der Waals surface area contributed by atoms with E-state index < -0.39 is 18.0 Å². The number of furan rings is 1. The van der Waals surface area contributed by atoms with Crippen LogP contribution in [0.2, 0.25) is 5.02 Å². The lowest BCUT2D eigenvalue weighted by atomic mass is 10.2. The summed E-state index contributed by atoms with van der Waals surface area (Å²) in [5, 5.41) is 5.41. The fourth-order valence-electron chi connectivity index (χ4n) is 2.71. The minimum Gasteiger partial charge on any atom is -0.489 e. The van der Waals surface area contributed by atoms with Crippen molar-refractivity contribution in [2.45, 2.75) is 22.4 Å². The lowest BCUT2D eigenvalue weighted by molar-refractivity contribution is -0.120. The number of amides is 3. The first kappa shape index (κ1) is 18.5. The monoisotopic (exact) mass is 414 g/mol. The maximum absolute atomic E-state index is 11.9. The molecule has 142 valence electrons. The Labute approximate surface area is 170 Å². The number of carbonyl (C=O) groups excluding carboxylic acids is 2. The van der Waals surface area contributed by atoms with Gasteiger partial charge in [-0.1, -0.05) is 41.6 Å². The first-order valence-corrected chi connectivity index (χ1v) is 9.62. The first-order chi connectivity index (χ1) is 13.6. The van der Waals surface area contributed by atoms with Crippen molar-refractivity contribution < 1.29 is 18.7 Å². The minimum atomic E-state index is -0.816. The highest BCUT2D eigenvalue weighted by atomic mass is 35.5. The number of hydrogen-bond donors (Lipinski definition) is 2. The Morgan fingerprint density at radius 1 is 1.07 bits per heavy atom. The number of halogens is 1. The van der Waals surface area contributed by atoms with Crippen LogP contribution in [-0.4, -0.2) is 11.9 Å². The van der Waals surface area contributed by atoms with E-state index in [2.05, 4.69) is 10.6 Å². The van der Waals surface area contributed by atoms with Gasteiger partial charge in [-0.3, -0.25) is 10.1 Å². The molecule has 3 aromatic rings. The number of ether oxygens (including phenoxy) is 1. The van der Waals surface area contributed by atoms with E-state index in [0.29, 0.717) is 17.4 Å². The standard InChI is InChI=1S/C20H15ClN2O4S/c21-15-4-2-1-3-12(15)11-27-13-5-7-14(8-6-13)28-16-9-10-26-18(16)17-19(24)23-20(25)22-17/h1-10,17H,11H2,(H2,22,23,24,25). The van der Waals surface area contributed by atoms with E-state index in [1.807, 2.05) is 48.5 Å². The van der Waals surface area contributed by atoms with Gasteiger partial charge in [0.2, 0.25) is 0 Å². The van der Waals surface area contributed by atoms with Crippen molar-refractivity contribution in [3.05, 3.63) is 77.2 Å². The fourth-order valence-corrected chi connectivity index (χ4v) is 3.82. The smallest absolute Gasteiger partial charge is 0.322 e. The molecule has 0 spiro atoms.